The van der Waals surface area contributed by atoms with Gasteiger partial charge >= 0.3 is 5.97 Å². The molecule has 0 saturated carbocycles. The molecule has 0 bridgehead atoms. The summed E-state index contributed by atoms with van der Waals surface area (Å²) in [6, 6.07) is 14.9. The zero-order valence-electron chi connectivity index (χ0n) is 21.4. The number of nitrogens with one attached hydrogen (secondary N) is 3. The number of ether oxygens (including phenoxy) is 2. The van der Waals surface area contributed by atoms with E-state index in [-0.39, 0.29) is 5.97 Å². The molecule has 0 radical (unpaired) electrons. The van der Waals surface area contributed by atoms with E-state index in [4.69, 9.17) is 19.4 Å². The average Bonchev–Trinajstić information content (AvgIpc) is 3.30. The predicted molar refractivity (Wildman–Crippen MR) is 143 cm³/mol. The van der Waals surface area contributed by atoms with Crippen LogP contribution >= 0.6 is 0 Å². The molecule has 5 rings (SSSR count). The maximum absolute atomic E-state index is 13.3. The Morgan fingerprint density at radius 3 is 2.30 bits per heavy atom. The van der Waals surface area contributed by atoms with E-state index in [1.807, 2.05) is 61.2 Å². The van der Waals surface area contributed by atoms with Crippen molar-refractivity contribution in [3.63, 3.8) is 0 Å². The molecule has 0 unspecified atom stereocenters. The predicted octanol–water partition coefficient (Wildman–Crippen LogP) is 3.92. The number of hydrogen-bond acceptors (Lipinski definition) is 9. The van der Waals surface area contributed by atoms with Crippen molar-refractivity contribution < 1.29 is 14.3 Å². The topological polar surface area (TPSA) is 117 Å². The Balaban J connectivity index is 1.77. The SMILES string of the molecule is CCNc1nc(NCC)nc(N2[C@H](c3ccc(OC)cc3)c3[nH]c4ccccc4c3C[C@H]2C(=O)OC)n1. The molecular weight excluding hydrogens is 470 g/mol. The van der Waals surface area contributed by atoms with Gasteiger partial charge in [-0.2, -0.15) is 15.0 Å². The van der Waals surface area contributed by atoms with Gasteiger partial charge in [-0.05, 0) is 43.2 Å². The second kappa shape index (κ2) is 10.3. The standard InChI is InChI=1S/C27H31N7O3/c1-5-28-25-31-26(29-6-2)33-27(32-25)34-21(24(35)37-4)15-19-18-9-7-8-10-20(18)30-22(19)23(34)16-11-13-17(36-3)14-12-16/h7-14,21,23,30H,5-6,15H2,1-4H3,(H2,28,29,31,32,33)/t21-,23+/m0/s1. The molecule has 192 valence electrons. The molecule has 1 aliphatic heterocycles. The molecule has 3 N–H and O–H groups in total. The minimum Gasteiger partial charge on any atom is -0.497 e. The molecule has 10 nitrogen and oxygen atoms in total. The fraction of sp³-hybridized carbons (Fsp3) is 0.333. The lowest BCUT2D eigenvalue weighted by Gasteiger charge is -2.41. The molecule has 0 aliphatic carbocycles. The number of hydrogen-bond donors (Lipinski definition) is 3. The first-order valence-corrected chi connectivity index (χ1v) is 12.4. The number of methoxy groups -OCH3 is 2. The van der Waals surface area contributed by atoms with Crippen molar-refractivity contribution in [1.29, 1.82) is 0 Å². The van der Waals surface area contributed by atoms with Crippen LogP contribution in [0.25, 0.3) is 10.9 Å². The normalized spacial score (nSPS) is 16.8. The second-order valence-electron chi connectivity index (χ2n) is 8.73. The lowest BCUT2D eigenvalue weighted by Crippen LogP contribution is -2.50. The number of esters is 1. The highest BCUT2D eigenvalue weighted by atomic mass is 16.5. The van der Waals surface area contributed by atoms with Crippen molar-refractivity contribution in [3.05, 3.63) is 65.4 Å². The minimum atomic E-state index is -0.657. The van der Waals surface area contributed by atoms with Crippen molar-refractivity contribution in [1.82, 2.24) is 19.9 Å². The molecule has 4 aromatic rings. The van der Waals surface area contributed by atoms with Crippen LogP contribution in [0.2, 0.25) is 0 Å². The Morgan fingerprint density at radius 2 is 1.68 bits per heavy atom. The monoisotopic (exact) mass is 501 g/mol. The fourth-order valence-electron chi connectivity index (χ4n) is 4.94. The first kappa shape index (κ1) is 24.4. The van der Waals surface area contributed by atoms with Crippen LogP contribution in [0.5, 0.6) is 5.75 Å². The number of nitrogens with zero attached hydrogens (tertiary/aromatic N) is 4. The summed E-state index contributed by atoms with van der Waals surface area (Å²) in [4.78, 5) is 32.8. The summed E-state index contributed by atoms with van der Waals surface area (Å²) < 4.78 is 10.7. The minimum absolute atomic E-state index is 0.357. The fourth-order valence-corrected chi connectivity index (χ4v) is 4.94. The number of aromatic amines is 1. The van der Waals surface area contributed by atoms with E-state index in [1.165, 1.54) is 7.11 Å². The van der Waals surface area contributed by atoms with Gasteiger partial charge in [-0.25, -0.2) is 4.79 Å². The molecule has 0 fully saturated rings. The highest BCUT2D eigenvalue weighted by molar-refractivity contribution is 5.89. The lowest BCUT2D eigenvalue weighted by molar-refractivity contribution is -0.142. The first-order valence-electron chi connectivity index (χ1n) is 12.4. The quantitative estimate of drug-likeness (QED) is 0.309. The molecule has 0 amide bonds. The van der Waals surface area contributed by atoms with Crippen molar-refractivity contribution >= 4 is 34.7 Å². The van der Waals surface area contributed by atoms with Gasteiger partial charge in [0.25, 0.3) is 0 Å². The van der Waals surface area contributed by atoms with Crippen LogP contribution in [0.15, 0.2) is 48.5 Å². The molecule has 0 saturated heterocycles. The van der Waals surface area contributed by atoms with Gasteiger partial charge in [0.05, 0.1) is 20.3 Å². The smallest absolute Gasteiger partial charge is 0.328 e. The number of rotatable bonds is 8. The molecule has 2 aromatic heterocycles. The summed E-state index contributed by atoms with van der Waals surface area (Å²) in [7, 11) is 3.05. The van der Waals surface area contributed by atoms with Crippen LogP contribution in [-0.2, 0) is 16.0 Å². The van der Waals surface area contributed by atoms with Crippen LogP contribution in [0.1, 0.15) is 36.7 Å². The van der Waals surface area contributed by atoms with Crippen molar-refractivity contribution in [2.45, 2.75) is 32.4 Å². The van der Waals surface area contributed by atoms with Gasteiger partial charge in [0.15, 0.2) is 0 Å². The Kier molecular flexibility index (Phi) is 6.80. The van der Waals surface area contributed by atoms with Gasteiger partial charge in [-0.3, -0.25) is 0 Å². The molecular formula is C27H31N7O3. The molecule has 10 heteroatoms. The van der Waals surface area contributed by atoms with Gasteiger partial charge in [-0.15, -0.1) is 0 Å². The molecule has 2 atom stereocenters. The Bertz CT molecular complexity index is 1380. The summed E-state index contributed by atoms with van der Waals surface area (Å²) in [5.41, 5.74) is 4.03. The van der Waals surface area contributed by atoms with Gasteiger partial charge < -0.3 is 30.0 Å². The zero-order chi connectivity index (χ0) is 25.9. The first-order chi connectivity index (χ1) is 18.1. The number of benzene rings is 2. The average molecular weight is 502 g/mol. The van der Waals surface area contributed by atoms with E-state index < -0.39 is 12.1 Å². The summed E-state index contributed by atoms with van der Waals surface area (Å²) in [5.74, 6) is 1.63. The maximum atomic E-state index is 13.3. The van der Waals surface area contributed by atoms with Crippen molar-refractivity contribution in [3.8, 4) is 5.75 Å². The van der Waals surface area contributed by atoms with E-state index in [1.54, 1.807) is 7.11 Å². The van der Waals surface area contributed by atoms with Gasteiger partial charge in [0, 0.05) is 36.1 Å². The maximum Gasteiger partial charge on any atom is 0.328 e. The molecule has 3 heterocycles. The van der Waals surface area contributed by atoms with Crippen LogP contribution in [0.4, 0.5) is 17.8 Å². The van der Waals surface area contributed by atoms with Crippen LogP contribution < -0.4 is 20.3 Å². The van der Waals surface area contributed by atoms with Crippen LogP contribution in [0.3, 0.4) is 0 Å². The van der Waals surface area contributed by atoms with E-state index in [0.29, 0.717) is 37.4 Å². The third-order valence-electron chi connectivity index (χ3n) is 6.56. The van der Waals surface area contributed by atoms with Gasteiger partial charge in [0.2, 0.25) is 17.8 Å². The van der Waals surface area contributed by atoms with E-state index in [0.717, 1.165) is 33.5 Å². The number of aromatic nitrogens is 4. The Labute approximate surface area is 215 Å². The van der Waals surface area contributed by atoms with Crippen LogP contribution in [0, 0.1) is 0 Å². The lowest BCUT2D eigenvalue weighted by atomic mass is 9.88. The molecule has 1 aliphatic rings. The Morgan fingerprint density at radius 1 is 1.00 bits per heavy atom. The summed E-state index contributed by atoms with van der Waals surface area (Å²) in [6.07, 6.45) is 0.442. The molecule has 37 heavy (non-hydrogen) atoms. The largest absolute Gasteiger partial charge is 0.497 e. The third kappa shape index (κ3) is 4.50. The van der Waals surface area contributed by atoms with Crippen LogP contribution in [-0.4, -0.2) is 59.3 Å². The summed E-state index contributed by atoms with van der Waals surface area (Å²) >= 11 is 0. The van der Waals surface area contributed by atoms with E-state index >= 15 is 0 Å². The highest BCUT2D eigenvalue weighted by Gasteiger charge is 2.43. The third-order valence-corrected chi connectivity index (χ3v) is 6.56. The number of carbonyl (C=O) groups is 1. The number of carbonyl (C=O) groups excluding carboxylic acids is 1. The number of anilines is 3. The molecule has 2 aromatic carbocycles. The summed E-state index contributed by atoms with van der Waals surface area (Å²) in [6.45, 7) is 5.24. The number of fused-ring (bicyclic) bond motifs is 3. The van der Waals surface area contributed by atoms with Crippen molar-refractivity contribution in [2.24, 2.45) is 0 Å². The Hall–Kier alpha value is -4.34. The second-order valence-corrected chi connectivity index (χ2v) is 8.73. The highest BCUT2D eigenvalue weighted by Crippen LogP contribution is 2.43. The van der Waals surface area contributed by atoms with E-state index in [9.17, 15) is 4.79 Å². The number of H-pyrrole nitrogens is 1. The van der Waals surface area contributed by atoms with E-state index in [2.05, 4.69) is 26.7 Å². The molecule has 0 spiro atoms. The summed E-state index contributed by atoms with van der Waals surface area (Å²) in [5, 5.41) is 7.45. The zero-order valence-corrected chi connectivity index (χ0v) is 21.4. The van der Waals surface area contributed by atoms with Gasteiger partial charge in [-0.1, -0.05) is 30.3 Å². The van der Waals surface area contributed by atoms with Gasteiger partial charge in [0.1, 0.15) is 11.8 Å². The number of para-hydroxylation sites is 1. The van der Waals surface area contributed by atoms with Crippen molar-refractivity contribution in [2.75, 3.05) is 42.8 Å².